The number of benzene rings is 2. The fourth-order valence-electron chi connectivity index (χ4n) is 3.43. The first-order valence-electron chi connectivity index (χ1n) is 8.30. The molecule has 2 aromatic rings. The lowest BCUT2D eigenvalue weighted by molar-refractivity contribution is 0.0757. The second-order valence-electron chi connectivity index (χ2n) is 6.05. The normalized spacial score (nSPS) is 19.7. The van der Waals surface area contributed by atoms with Crippen molar-refractivity contribution in [3.05, 3.63) is 65.2 Å². The van der Waals surface area contributed by atoms with Crippen LogP contribution in [0.4, 0.5) is 5.69 Å². The summed E-state index contributed by atoms with van der Waals surface area (Å²) >= 11 is 0. The Morgan fingerprint density at radius 1 is 1.00 bits per heavy atom. The minimum Gasteiger partial charge on any atom is -0.388 e. The molecule has 0 heterocycles. The minimum atomic E-state index is -0.693. The Balaban J connectivity index is 1.77. The molecule has 0 bridgehead atoms. The van der Waals surface area contributed by atoms with E-state index in [0.717, 1.165) is 24.2 Å². The Bertz CT molecular complexity index is 689. The summed E-state index contributed by atoms with van der Waals surface area (Å²) in [4.78, 5) is 14.8. The van der Waals surface area contributed by atoms with Gasteiger partial charge in [0.05, 0.1) is 12.0 Å². The number of rotatable bonds is 5. The summed E-state index contributed by atoms with van der Waals surface area (Å²) in [6.07, 6.45) is -0.117. The Morgan fingerprint density at radius 3 is 2.26 bits per heavy atom. The Hall–Kier alpha value is -2.13. The van der Waals surface area contributed by atoms with E-state index in [9.17, 15) is 9.90 Å². The monoisotopic (exact) mass is 309 g/mol. The number of aliphatic hydroxyl groups excluding tert-OH is 1. The predicted octanol–water partition coefficient (Wildman–Crippen LogP) is 3.62. The highest BCUT2D eigenvalue weighted by Gasteiger charge is 2.38. The van der Waals surface area contributed by atoms with Crippen LogP contribution in [0.5, 0.6) is 0 Å². The second kappa shape index (κ2) is 6.55. The molecule has 0 spiro atoms. The number of nitrogens with zero attached hydrogens (tertiary/aromatic N) is 1. The van der Waals surface area contributed by atoms with Crippen molar-refractivity contribution in [1.29, 1.82) is 0 Å². The zero-order valence-electron chi connectivity index (χ0n) is 13.7. The van der Waals surface area contributed by atoms with Crippen molar-refractivity contribution in [2.45, 2.75) is 26.4 Å². The topological polar surface area (TPSA) is 40.5 Å². The van der Waals surface area contributed by atoms with Crippen LogP contribution < -0.4 is 4.90 Å². The fourth-order valence-corrected chi connectivity index (χ4v) is 3.43. The molecule has 23 heavy (non-hydrogen) atoms. The van der Waals surface area contributed by atoms with Gasteiger partial charge in [0.2, 0.25) is 0 Å². The summed E-state index contributed by atoms with van der Waals surface area (Å²) in [5, 5.41) is 10.5. The van der Waals surface area contributed by atoms with Crippen molar-refractivity contribution < 1.29 is 9.90 Å². The van der Waals surface area contributed by atoms with Gasteiger partial charge in [-0.05, 0) is 43.5 Å². The Labute approximate surface area is 137 Å². The van der Waals surface area contributed by atoms with Gasteiger partial charge in [0.25, 0.3) is 0 Å². The van der Waals surface area contributed by atoms with E-state index in [0.29, 0.717) is 12.0 Å². The number of aliphatic hydroxyl groups is 1. The molecule has 120 valence electrons. The third kappa shape index (κ3) is 2.89. The summed E-state index contributed by atoms with van der Waals surface area (Å²) in [6.45, 7) is 6.24. The molecule has 3 heteroatoms. The van der Waals surface area contributed by atoms with Crippen molar-refractivity contribution in [1.82, 2.24) is 0 Å². The summed E-state index contributed by atoms with van der Waals surface area (Å²) in [6, 6.07) is 15.7. The van der Waals surface area contributed by atoms with E-state index in [2.05, 4.69) is 43.0 Å². The highest BCUT2D eigenvalue weighted by molar-refractivity contribution is 6.03. The maximum Gasteiger partial charge on any atom is 0.169 e. The third-order valence-electron chi connectivity index (χ3n) is 4.78. The van der Waals surface area contributed by atoms with Crippen molar-refractivity contribution in [2.24, 2.45) is 5.92 Å². The number of anilines is 1. The van der Waals surface area contributed by atoms with Crippen LogP contribution in [0.2, 0.25) is 0 Å². The molecule has 2 atom stereocenters. The molecule has 0 amide bonds. The van der Waals surface area contributed by atoms with Gasteiger partial charge < -0.3 is 10.0 Å². The van der Waals surface area contributed by atoms with Crippen molar-refractivity contribution in [3.63, 3.8) is 0 Å². The number of carbonyl (C=O) groups excluding carboxylic acids is 1. The molecule has 3 nitrogen and oxygen atoms in total. The van der Waals surface area contributed by atoms with E-state index in [1.54, 1.807) is 0 Å². The molecule has 1 aliphatic rings. The quantitative estimate of drug-likeness (QED) is 0.917. The first-order chi connectivity index (χ1) is 11.2. The molecular formula is C20H23NO2. The van der Waals surface area contributed by atoms with Crippen molar-refractivity contribution >= 4 is 11.5 Å². The molecular weight excluding hydrogens is 286 g/mol. The van der Waals surface area contributed by atoms with Crippen LogP contribution in [0.25, 0.3) is 0 Å². The van der Waals surface area contributed by atoms with Gasteiger partial charge >= 0.3 is 0 Å². The lowest BCUT2D eigenvalue weighted by Crippen LogP contribution is -2.21. The van der Waals surface area contributed by atoms with Crippen LogP contribution in [-0.4, -0.2) is 24.0 Å². The van der Waals surface area contributed by atoms with E-state index in [-0.39, 0.29) is 11.7 Å². The van der Waals surface area contributed by atoms with Gasteiger partial charge in [0.1, 0.15) is 0 Å². The molecule has 0 saturated carbocycles. The number of ketones is 1. The zero-order chi connectivity index (χ0) is 16.4. The zero-order valence-corrected chi connectivity index (χ0v) is 13.7. The predicted molar refractivity (Wildman–Crippen MR) is 92.9 cm³/mol. The molecule has 2 aromatic carbocycles. The van der Waals surface area contributed by atoms with E-state index < -0.39 is 6.10 Å². The molecule has 0 aliphatic heterocycles. The fraction of sp³-hybridized carbons (Fsp3) is 0.350. The standard InChI is InChI=1S/C20H23NO2/c1-3-21(4-2)15-11-9-14(10-12-15)13-18-19(22)16-7-5-6-8-17(16)20(18)23/h5-12,18-19,22H,3-4,13H2,1-2H3. The molecule has 2 unspecified atom stereocenters. The lowest BCUT2D eigenvalue weighted by atomic mass is 9.93. The van der Waals surface area contributed by atoms with Crippen molar-refractivity contribution in [3.8, 4) is 0 Å². The maximum absolute atomic E-state index is 12.5. The molecule has 0 fully saturated rings. The van der Waals surface area contributed by atoms with Gasteiger partial charge in [-0.25, -0.2) is 0 Å². The average Bonchev–Trinajstić information content (AvgIpc) is 2.83. The summed E-state index contributed by atoms with van der Waals surface area (Å²) in [7, 11) is 0. The molecule has 0 aromatic heterocycles. The second-order valence-corrected chi connectivity index (χ2v) is 6.05. The SMILES string of the molecule is CCN(CC)c1ccc(CC2C(=O)c3ccccc3C2O)cc1. The van der Waals surface area contributed by atoms with Crippen LogP contribution in [0.3, 0.4) is 0 Å². The van der Waals surface area contributed by atoms with E-state index >= 15 is 0 Å². The number of carbonyl (C=O) groups is 1. The van der Waals surface area contributed by atoms with Crippen LogP contribution in [0.15, 0.2) is 48.5 Å². The van der Waals surface area contributed by atoms with Gasteiger partial charge in [-0.1, -0.05) is 36.4 Å². The average molecular weight is 309 g/mol. The molecule has 0 saturated heterocycles. The minimum absolute atomic E-state index is 0.0564. The van der Waals surface area contributed by atoms with E-state index in [1.165, 1.54) is 5.69 Å². The lowest BCUT2D eigenvalue weighted by Gasteiger charge is -2.21. The van der Waals surface area contributed by atoms with Gasteiger partial charge in [-0.3, -0.25) is 4.79 Å². The van der Waals surface area contributed by atoms with Gasteiger partial charge in [0, 0.05) is 24.3 Å². The largest absolute Gasteiger partial charge is 0.388 e. The van der Waals surface area contributed by atoms with Crippen LogP contribution >= 0.6 is 0 Å². The van der Waals surface area contributed by atoms with Gasteiger partial charge in [0.15, 0.2) is 5.78 Å². The van der Waals surface area contributed by atoms with Crippen LogP contribution in [0, 0.1) is 5.92 Å². The molecule has 0 radical (unpaired) electrons. The Morgan fingerprint density at radius 2 is 1.65 bits per heavy atom. The summed E-state index contributed by atoms with van der Waals surface area (Å²) in [5.74, 6) is -0.312. The summed E-state index contributed by atoms with van der Waals surface area (Å²) in [5.41, 5.74) is 3.72. The first-order valence-corrected chi connectivity index (χ1v) is 8.30. The first kappa shape index (κ1) is 15.8. The van der Waals surface area contributed by atoms with E-state index in [1.807, 2.05) is 24.3 Å². The molecule has 3 rings (SSSR count). The molecule has 1 aliphatic carbocycles. The van der Waals surface area contributed by atoms with Crippen molar-refractivity contribution in [2.75, 3.05) is 18.0 Å². The molecule has 1 N–H and O–H groups in total. The smallest absolute Gasteiger partial charge is 0.169 e. The number of Topliss-reactive ketones (excluding diaryl/α,β-unsaturated/α-hetero) is 1. The maximum atomic E-state index is 12.5. The Kier molecular flexibility index (Phi) is 4.49. The number of fused-ring (bicyclic) bond motifs is 1. The van der Waals surface area contributed by atoms with Gasteiger partial charge in [-0.15, -0.1) is 0 Å². The van der Waals surface area contributed by atoms with Crippen LogP contribution in [0.1, 0.15) is 41.4 Å². The van der Waals surface area contributed by atoms with E-state index in [4.69, 9.17) is 0 Å². The number of hydrogen-bond donors (Lipinski definition) is 1. The highest BCUT2D eigenvalue weighted by atomic mass is 16.3. The van der Waals surface area contributed by atoms with Gasteiger partial charge in [-0.2, -0.15) is 0 Å². The highest BCUT2D eigenvalue weighted by Crippen LogP contribution is 2.37. The third-order valence-corrected chi connectivity index (χ3v) is 4.78. The summed E-state index contributed by atoms with van der Waals surface area (Å²) < 4.78 is 0. The number of hydrogen-bond acceptors (Lipinski definition) is 3. The van der Waals surface area contributed by atoms with Crippen LogP contribution in [-0.2, 0) is 6.42 Å².